The lowest BCUT2D eigenvalue weighted by Crippen LogP contribution is -2.86. The van der Waals surface area contributed by atoms with E-state index < -0.39 is 69.0 Å². The number of rotatable bonds is 6. The van der Waals surface area contributed by atoms with E-state index >= 15 is 0 Å². The predicted molar refractivity (Wildman–Crippen MR) is 80.5 cm³/mol. The van der Waals surface area contributed by atoms with E-state index in [0.29, 0.717) is 5.32 Å². The minimum absolute atomic E-state index is 0.0737. The van der Waals surface area contributed by atoms with E-state index in [0.717, 1.165) is 0 Å². The summed E-state index contributed by atoms with van der Waals surface area (Å²) in [5.74, 6) is -26.6. The Kier molecular flexibility index (Phi) is 7.83. The van der Waals surface area contributed by atoms with E-state index in [2.05, 4.69) is 0 Å². The van der Waals surface area contributed by atoms with Crippen LogP contribution in [0.2, 0.25) is 0 Å². The Hall–Kier alpha value is -2.34. The van der Waals surface area contributed by atoms with Crippen molar-refractivity contribution < 1.29 is 92.7 Å². The van der Waals surface area contributed by atoms with Crippen molar-refractivity contribution in [1.29, 1.82) is 0 Å². The normalized spacial score (nSPS) is 28.1. The van der Waals surface area contributed by atoms with Crippen LogP contribution in [0.25, 0.3) is 0 Å². The van der Waals surface area contributed by atoms with Crippen molar-refractivity contribution >= 4 is 16.0 Å². The lowest BCUT2D eigenvalue weighted by molar-refractivity contribution is -0.601. The fraction of sp³-hybridized carbons (Fsp3) is 0.615. The number of halogens is 16. The Labute approximate surface area is 192 Å². The number of alkyl halides is 16. The van der Waals surface area contributed by atoms with Crippen LogP contribution in [0, 0.1) is 0 Å². The van der Waals surface area contributed by atoms with Crippen LogP contribution in [-0.4, -0.2) is 71.9 Å². The van der Waals surface area contributed by atoms with E-state index in [1.807, 2.05) is 0 Å². The largest absolute Gasteiger partial charge is 0.456 e. The van der Waals surface area contributed by atoms with Crippen LogP contribution >= 0.6 is 0 Å². The van der Waals surface area contributed by atoms with Crippen LogP contribution < -0.4 is 5.32 Å². The summed E-state index contributed by atoms with van der Waals surface area (Å²) < 4.78 is 248. The van der Waals surface area contributed by atoms with Crippen molar-refractivity contribution in [1.82, 2.24) is 10.2 Å². The van der Waals surface area contributed by atoms with Crippen molar-refractivity contribution in [3.05, 3.63) is 23.8 Å². The standard InChI is InChI=1S/C13H6F16N2O5S/c14-6(15,5(32)30-3-1-2-4-37(33,34)35)11(24,25)31-12(26,27)7(16,9(18,19)20)36-8(17,10(21,22)23)13(31,28)29/h1-4H,(H,30,32)(H,33,34,35)/b3-1+,4-2+. The van der Waals surface area contributed by atoms with E-state index in [4.69, 9.17) is 4.55 Å². The molecule has 0 aromatic carbocycles. The number of morpholine rings is 1. The highest BCUT2D eigenvalue weighted by atomic mass is 32.2. The highest BCUT2D eigenvalue weighted by molar-refractivity contribution is 7.88. The molecule has 0 aliphatic carbocycles. The summed E-state index contributed by atoms with van der Waals surface area (Å²) in [4.78, 5) is 6.86. The van der Waals surface area contributed by atoms with Crippen LogP contribution in [0.5, 0.6) is 0 Å². The number of carbonyl (C=O) groups excluding carboxylic acids is 1. The minimum atomic E-state index is -8.00. The molecule has 24 heteroatoms. The molecular weight excluding hydrogens is 600 g/mol. The van der Waals surface area contributed by atoms with Crippen LogP contribution in [0.4, 0.5) is 70.2 Å². The third-order valence-corrected chi connectivity index (χ3v) is 4.46. The number of allylic oxidation sites excluding steroid dienone is 2. The molecule has 0 aromatic heterocycles. The fourth-order valence-electron chi connectivity index (χ4n) is 2.28. The third-order valence-electron chi connectivity index (χ3n) is 3.96. The number of nitrogens with one attached hydrogen (secondary N) is 1. The smallest absolute Gasteiger partial charge is 0.327 e. The molecule has 1 aliphatic rings. The first-order chi connectivity index (χ1) is 16.0. The first kappa shape index (κ1) is 32.7. The Bertz CT molecular complexity index is 1030. The van der Waals surface area contributed by atoms with Crippen molar-refractivity contribution in [3.8, 4) is 0 Å². The van der Waals surface area contributed by atoms with E-state index in [-0.39, 0.29) is 23.8 Å². The Morgan fingerprint density at radius 1 is 0.784 bits per heavy atom. The van der Waals surface area contributed by atoms with Gasteiger partial charge in [-0.1, -0.05) is 0 Å². The number of ether oxygens (including phenoxy) is 1. The molecule has 1 fully saturated rings. The van der Waals surface area contributed by atoms with Gasteiger partial charge in [-0.05, 0) is 12.2 Å². The van der Waals surface area contributed by atoms with Crippen molar-refractivity contribution in [2.24, 2.45) is 0 Å². The molecule has 0 saturated carbocycles. The van der Waals surface area contributed by atoms with Crippen LogP contribution in [0.15, 0.2) is 23.8 Å². The van der Waals surface area contributed by atoms with Crippen LogP contribution in [0.3, 0.4) is 0 Å². The van der Waals surface area contributed by atoms with Gasteiger partial charge in [0.2, 0.25) is 0 Å². The molecular formula is C13H6F16N2O5S. The highest BCUT2D eigenvalue weighted by Gasteiger charge is 2.96. The quantitative estimate of drug-likeness (QED) is 0.204. The molecule has 2 unspecified atom stereocenters. The summed E-state index contributed by atoms with van der Waals surface area (Å²) in [7, 11) is -4.92. The molecule has 0 radical (unpaired) electrons. The fourth-order valence-corrected chi connectivity index (χ4v) is 2.57. The summed E-state index contributed by atoms with van der Waals surface area (Å²) >= 11 is 0. The minimum Gasteiger partial charge on any atom is -0.327 e. The zero-order valence-corrected chi connectivity index (χ0v) is 17.1. The number of carbonyl (C=O) groups is 1. The molecule has 1 saturated heterocycles. The molecule has 1 heterocycles. The summed E-state index contributed by atoms with van der Waals surface area (Å²) in [6.07, 6.45) is -15.7. The maximum absolute atomic E-state index is 14.2. The highest BCUT2D eigenvalue weighted by Crippen LogP contribution is 2.66. The second-order valence-corrected chi connectivity index (χ2v) is 7.80. The lowest BCUT2D eigenvalue weighted by atomic mass is 10.0. The SMILES string of the molecule is O=C(N/C=C/C=C/S(=O)(=O)O)C(F)(F)C(F)(F)N1C(F)(F)C(F)(C(F)(F)F)OC(F)(C(F)(F)F)C1(F)F. The van der Waals surface area contributed by atoms with Crippen LogP contribution in [-0.2, 0) is 19.6 Å². The van der Waals surface area contributed by atoms with Gasteiger partial charge in [-0.25, -0.2) is 0 Å². The molecule has 1 aliphatic heterocycles. The van der Waals surface area contributed by atoms with Gasteiger partial charge in [0, 0.05) is 6.20 Å². The zero-order chi connectivity index (χ0) is 29.9. The molecule has 216 valence electrons. The maximum atomic E-state index is 14.2. The van der Waals surface area contributed by atoms with Gasteiger partial charge in [-0.2, -0.15) is 78.7 Å². The van der Waals surface area contributed by atoms with E-state index in [9.17, 15) is 83.5 Å². The molecule has 0 spiro atoms. The number of hydrogen-bond acceptors (Lipinski definition) is 5. The average Bonchev–Trinajstić information content (AvgIpc) is 2.62. The maximum Gasteiger partial charge on any atom is 0.456 e. The topological polar surface area (TPSA) is 95.9 Å². The van der Waals surface area contributed by atoms with Gasteiger partial charge in [0.15, 0.2) is 0 Å². The average molecular weight is 606 g/mol. The molecule has 1 rings (SSSR count). The number of hydrogen-bond donors (Lipinski definition) is 2. The van der Waals surface area contributed by atoms with Gasteiger partial charge >= 0.3 is 54.0 Å². The van der Waals surface area contributed by atoms with E-state index in [1.165, 1.54) is 0 Å². The molecule has 1 amide bonds. The number of amides is 1. The molecule has 0 bridgehead atoms. The van der Waals surface area contributed by atoms with Gasteiger partial charge < -0.3 is 5.32 Å². The van der Waals surface area contributed by atoms with Gasteiger partial charge in [-0.15, -0.1) is 4.90 Å². The first-order valence-electron chi connectivity index (χ1n) is 8.10. The zero-order valence-electron chi connectivity index (χ0n) is 16.3. The first-order valence-corrected chi connectivity index (χ1v) is 9.60. The predicted octanol–water partition coefficient (Wildman–Crippen LogP) is 4.22. The lowest BCUT2D eigenvalue weighted by Gasteiger charge is -2.55. The molecule has 0 aromatic rings. The Balaban J connectivity index is 3.78. The van der Waals surface area contributed by atoms with Crippen molar-refractivity contribution in [2.75, 3.05) is 0 Å². The summed E-state index contributed by atoms with van der Waals surface area (Å²) in [6, 6.07) is -24.0. The van der Waals surface area contributed by atoms with Crippen LogP contribution in [0.1, 0.15) is 0 Å². The van der Waals surface area contributed by atoms with Gasteiger partial charge in [0.05, 0.1) is 5.41 Å². The summed E-state index contributed by atoms with van der Waals surface area (Å²) in [5.41, 5.74) is 0. The number of nitrogens with zero attached hydrogens (tertiary/aromatic N) is 1. The van der Waals surface area contributed by atoms with E-state index in [1.54, 1.807) is 4.74 Å². The molecule has 2 atom stereocenters. The molecule has 7 nitrogen and oxygen atoms in total. The monoisotopic (exact) mass is 606 g/mol. The van der Waals surface area contributed by atoms with Crippen molar-refractivity contribution in [2.45, 2.75) is 48.1 Å². The van der Waals surface area contributed by atoms with Gasteiger partial charge in [-0.3, -0.25) is 14.1 Å². The molecule has 2 N–H and O–H groups in total. The Morgan fingerprint density at radius 2 is 1.16 bits per heavy atom. The second-order valence-electron chi connectivity index (χ2n) is 6.50. The van der Waals surface area contributed by atoms with Gasteiger partial charge in [0.1, 0.15) is 0 Å². The van der Waals surface area contributed by atoms with Gasteiger partial charge in [0.25, 0.3) is 10.1 Å². The van der Waals surface area contributed by atoms with Crippen molar-refractivity contribution in [3.63, 3.8) is 0 Å². The summed E-state index contributed by atoms with van der Waals surface area (Å²) in [6.45, 7) is 0. The second kappa shape index (κ2) is 8.86. The summed E-state index contributed by atoms with van der Waals surface area (Å²) in [5, 5.41) is 0.281. The molecule has 37 heavy (non-hydrogen) atoms. The third kappa shape index (κ3) is 5.06. The Morgan fingerprint density at radius 3 is 1.49 bits per heavy atom.